The Hall–Kier alpha value is -1.26. The first-order valence-electron chi connectivity index (χ1n) is 9.72. The molecule has 0 aliphatic carbocycles. The van der Waals surface area contributed by atoms with E-state index in [1.165, 1.54) is 61.6 Å². The quantitative estimate of drug-likeness (QED) is 0.354. The fourth-order valence-electron chi connectivity index (χ4n) is 3.17. The Bertz CT molecular complexity index is 734. The van der Waals surface area contributed by atoms with Crippen LogP contribution in [0.1, 0.15) is 58.3 Å². The van der Waals surface area contributed by atoms with Gasteiger partial charge in [-0.3, -0.25) is 0 Å². The Morgan fingerprint density at radius 3 is 2.19 bits per heavy atom. The highest BCUT2D eigenvalue weighted by molar-refractivity contribution is 7.21. The minimum Gasteiger partial charge on any atom is -1.00 e. The molecule has 2 aromatic heterocycles. The molecule has 0 radical (unpaired) electrons. The second-order valence-electron chi connectivity index (χ2n) is 6.79. The van der Waals surface area contributed by atoms with Crippen LogP contribution in [0.3, 0.4) is 0 Å². The van der Waals surface area contributed by atoms with Crippen molar-refractivity contribution in [2.75, 3.05) is 0 Å². The van der Waals surface area contributed by atoms with Crippen LogP contribution in [0.4, 0.5) is 0 Å². The van der Waals surface area contributed by atoms with Crippen LogP contribution in [0, 0.1) is 0 Å². The summed E-state index contributed by atoms with van der Waals surface area (Å²) in [7, 11) is 0. The number of hydrogen-bond donors (Lipinski definition) is 0. The first kappa shape index (κ1) is 21.0. The van der Waals surface area contributed by atoms with E-state index >= 15 is 0 Å². The fourth-order valence-corrected chi connectivity index (χ4v) is 4.14. The van der Waals surface area contributed by atoms with E-state index in [9.17, 15) is 0 Å². The second kappa shape index (κ2) is 11.5. The third-order valence-electron chi connectivity index (χ3n) is 4.70. The van der Waals surface area contributed by atoms with Crippen molar-refractivity contribution in [2.45, 2.75) is 64.8 Å². The van der Waals surface area contributed by atoms with Crippen LogP contribution < -0.4 is 21.5 Å². The zero-order chi connectivity index (χ0) is 17.3. The molecular formula is C22H29BrN2S. The summed E-state index contributed by atoms with van der Waals surface area (Å²) in [4.78, 5) is 4.74. The van der Waals surface area contributed by atoms with Crippen LogP contribution in [0.5, 0.6) is 0 Å². The van der Waals surface area contributed by atoms with Gasteiger partial charge in [-0.15, -0.1) is 11.3 Å². The molecule has 26 heavy (non-hydrogen) atoms. The smallest absolute Gasteiger partial charge is 0.169 e. The van der Waals surface area contributed by atoms with Gasteiger partial charge in [0, 0.05) is 24.1 Å². The lowest BCUT2D eigenvalue weighted by Crippen LogP contribution is -3.00. The highest BCUT2D eigenvalue weighted by Crippen LogP contribution is 2.29. The average molecular weight is 433 g/mol. The summed E-state index contributed by atoms with van der Waals surface area (Å²) in [6.07, 6.45) is 15.4. The Balaban J connectivity index is 0.00000243. The van der Waals surface area contributed by atoms with Gasteiger partial charge in [-0.05, 0) is 18.6 Å². The molecule has 0 unspecified atom stereocenters. The number of halogens is 1. The van der Waals surface area contributed by atoms with E-state index in [1.54, 1.807) is 11.3 Å². The molecule has 140 valence electrons. The third-order valence-corrected chi connectivity index (χ3v) is 5.79. The summed E-state index contributed by atoms with van der Waals surface area (Å²) in [5.41, 5.74) is 2.31. The van der Waals surface area contributed by atoms with Crippen molar-refractivity contribution >= 4 is 21.6 Å². The fraction of sp³-hybridized carbons (Fsp3) is 0.455. The zero-order valence-corrected chi connectivity index (χ0v) is 18.1. The van der Waals surface area contributed by atoms with Gasteiger partial charge in [0.25, 0.3) is 0 Å². The Morgan fingerprint density at radius 2 is 1.50 bits per heavy atom. The lowest BCUT2D eigenvalue weighted by atomic mass is 10.1. The second-order valence-corrected chi connectivity index (χ2v) is 7.82. The van der Waals surface area contributed by atoms with E-state index in [2.05, 4.69) is 60.3 Å². The van der Waals surface area contributed by atoms with E-state index in [0.717, 1.165) is 17.1 Å². The number of aryl methyl sites for hydroxylation is 1. The van der Waals surface area contributed by atoms with E-state index in [1.807, 2.05) is 0 Å². The molecule has 0 aliphatic rings. The molecule has 1 aromatic carbocycles. The van der Waals surface area contributed by atoms with Crippen LogP contribution in [-0.2, 0) is 6.54 Å². The maximum absolute atomic E-state index is 4.74. The van der Waals surface area contributed by atoms with Crippen LogP contribution in [-0.4, -0.2) is 4.98 Å². The first-order valence-corrected chi connectivity index (χ1v) is 10.5. The van der Waals surface area contributed by atoms with Crippen molar-refractivity contribution in [1.82, 2.24) is 4.98 Å². The largest absolute Gasteiger partial charge is 1.00 e. The highest BCUT2D eigenvalue weighted by atomic mass is 79.9. The number of hydrogen-bond acceptors (Lipinski definition) is 2. The molecule has 3 rings (SSSR count). The molecule has 2 heterocycles. The number of rotatable bonds is 10. The van der Waals surface area contributed by atoms with Gasteiger partial charge in [-0.25, -0.2) is 9.55 Å². The highest BCUT2D eigenvalue weighted by Gasteiger charge is 2.08. The molecule has 0 spiro atoms. The molecule has 3 aromatic rings. The van der Waals surface area contributed by atoms with Gasteiger partial charge in [0.15, 0.2) is 12.4 Å². The number of unbranched alkanes of at least 4 members (excludes halogenated alkanes) is 7. The molecular weight excluding hydrogens is 404 g/mol. The molecule has 0 N–H and O–H groups in total. The van der Waals surface area contributed by atoms with E-state index in [0.29, 0.717) is 0 Å². The number of benzene rings is 1. The summed E-state index contributed by atoms with van der Waals surface area (Å²) < 4.78 is 3.56. The van der Waals surface area contributed by atoms with Crippen molar-refractivity contribution in [3.05, 3.63) is 48.8 Å². The van der Waals surface area contributed by atoms with Crippen LogP contribution in [0.2, 0.25) is 0 Å². The van der Waals surface area contributed by atoms with Gasteiger partial charge in [0.1, 0.15) is 11.6 Å². The average Bonchev–Trinajstić information content (AvgIpc) is 3.08. The van der Waals surface area contributed by atoms with Crippen LogP contribution in [0.25, 0.3) is 20.8 Å². The predicted octanol–water partition coefficient (Wildman–Crippen LogP) is 3.40. The predicted molar refractivity (Wildman–Crippen MR) is 108 cm³/mol. The van der Waals surface area contributed by atoms with Gasteiger partial charge in [0.05, 0.1) is 10.2 Å². The lowest BCUT2D eigenvalue weighted by molar-refractivity contribution is -0.697. The number of thiazole rings is 1. The third kappa shape index (κ3) is 6.17. The minimum atomic E-state index is 0. The molecule has 4 heteroatoms. The number of pyridine rings is 1. The molecule has 0 fully saturated rings. The van der Waals surface area contributed by atoms with Crippen molar-refractivity contribution in [3.63, 3.8) is 0 Å². The Morgan fingerprint density at radius 1 is 0.846 bits per heavy atom. The van der Waals surface area contributed by atoms with Crippen LogP contribution in [0.15, 0.2) is 48.8 Å². The van der Waals surface area contributed by atoms with Gasteiger partial charge >= 0.3 is 0 Å². The lowest BCUT2D eigenvalue weighted by Gasteiger charge is -2.01. The Kier molecular flexibility index (Phi) is 9.27. The number of aromatic nitrogens is 2. The number of para-hydroxylation sites is 1. The first-order chi connectivity index (χ1) is 12.4. The number of nitrogens with zero attached hydrogens (tertiary/aromatic N) is 2. The van der Waals surface area contributed by atoms with Gasteiger partial charge in [-0.2, -0.15) is 0 Å². The van der Waals surface area contributed by atoms with Crippen molar-refractivity contribution in [3.8, 4) is 10.6 Å². The maximum Gasteiger partial charge on any atom is 0.169 e. The number of fused-ring (bicyclic) bond motifs is 1. The van der Waals surface area contributed by atoms with Crippen molar-refractivity contribution < 1.29 is 21.5 Å². The van der Waals surface area contributed by atoms with E-state index in [-0.39, 0.29) is 17.0 Å². The molecule has 0 atom stereocenters. The van der Waals surface area contributed by atoms with E-state index < -0.39 is 0 Å². The molecule has 0 aliphatic heterocycles. The summed E-state index contributed by atoms with van der Waals surface area (Å²) in [5, 5.41) is 1.11. The molecule has 0 bridgehead atoms. The Labute approximate surface area is 172 Å². The molecule has 2 nitrogen and oxygen atoms in total. The summed E-state index contributed by atoms with van der Waals surface area (Å²) in [5.74, 6) is 0. The molecule has 0 saturated carbocycles. The normalized spacial score (nSPS) is 10.8. The van der Waals surface area contributed by atoms with Crippen LogP contribution >= 0.6 is 11.3 Å². The monoisotopic (exact) mass is 432 g/mol. The standard InChI is InChI=1S/C22H29N2S.BrH/c1-2-3-4-5-6-7-8-11-16-24-17-14-19(15-18-24)22-23-20-12-9-10-13-21(20)25-22;/h9-10,12-15,17-18H,2-8,11,16H2,1H3;1H/q+1;/p-1. The SMILES string of the molecule is CCCCCCCCCC[n+]1ccc(-c2nc3ccccc3s2)cc1.[Br-]. The molecule has 0 saturated heterocycles. The van der Waals surface area contributed by atoms with Gasteiger partial charge in [-0.1, -0.05) is 57.6 Å². The molecule has 0 amide bonds. The van der Waals surface area contributed by atoms with Gasteiger partial charge < -0.3 is 17.0 Å². The minimum absolute atomic E-state index is 0. The maximum atomic E-state index is 4.74. The van der Waals surface area contributed by atoms with Crippen molar-refractivity contribution in [1.29, 1.82) is 0 Å². The van der Waals surface area contributed by atoms with Gasteiger partial charge in [0.2, 0.25) is 0 Å². The summed E-state index contributed by atoms with van der Waals surface area (Å²) >= 11 is 1.77. The topological polar surface area (TPSA) is 16.8 Å². The summed E-state index contributed by atoms with van der Waals surface area (Å²) in [6.45, 7) is 3.40. The summed E-state index contributed by atoms with van der Waals surface area (Å²) in [6, 6.07) is 12.7. The van der Waals surface area contributed by atoms with Crippen molar-refractivity contribution in [2.24, 2.45) is 0 Å². The van der Waals surface area contributed by atoms with E-state index in [4.69, 9.17) is 4.98 Å². The zero-order valence-electron chi connectivity index (χ0n) is 15.7.